The predicted octanol–water partition coefficient (Wildman–Crippen LogP) is 3.42. The highest BCUT2D eigenvalue weighted by molar-refractivity contribution is 5.85. The molecule has 1 aromatic rings. The molecule has 7 heteroatoms. The van der Waals surface area contributed by atoms with Crippen molar-refractivity contribution < 1.29 is 4.52 Å². The van der Waals surface area contributed by atoms with E-state index in [1.807, 2.05) is 4.90 Å². The molecule has 0 amide bonds. The molecule has 1 atom stereocenters. The van der Waals surface area contributed by atoms with Crippen LogP contribution in [0, 0.1) is 5.41 Å². The van der Waals surface area contributed by atoms with Crippen LogP contribution in [0.25, 0.3) is 0 Å². The molecule has 0 saturated carbocycles. The summed E-state index contributed by atoms with van der Waals surface area (Å²) in [5.74, 6) is 1.49. The fourth-order valence-electron chi connectivity index (χ4n) is 2.88. The molecule has 0 spiro atoms. The highest BCUT2D eigenvalue weighted by Crippen LogP contribution is 2.30. The van der Waals surface area contributed by atoms with Crippen molar-refractivity contribution in [1.82, 2.24) is 15.0 Å². The second-order valence-corrected chi connectivity index (χ2v) is 5.80. The van der Waals surface area contributed by atoms with E-state index >= 15 is 0 Å². The largest absolute Gasteiger partial charge is 0.370 e. The Kier molecular flexibility index (Phi) is 8.24. The molecule has 2 heterocycles. The number of unbranched alkanes of at least 4 members (excludes halogenated alkanes) is 5. The Labute approximate surface area is 138 Å². The summed E-state index contributed by atoms with van der Waals surface area (Å²) >= 11 is 0. The molecule has 22 heavy (non-hydrogen) atoms. The van der Waals surface area contributed by atoms with Gasteiger partial charge < -0.3 is 15.2 Å². The summed E-state index contributed by atoms with van der Waals surface area (Å²) in [5.41, 5.74) is 5.59. The minimum Gasteiger partial charge on any atom is -0.370 e. The summed E-state index contributed by atoms with van der Waals surface area (Å²) in [6, 6.07) is -0.00620. The number of guanidine groups is 1. The Morgan fingerprint density at radius 1 is 1.32 bits per heavy atom. The molecule has 126 valence electrons. The lowest BCUT2D eigenvalue weighted by atomic mass is 10.1. The lowest BCUT2D eigenvalue weighted by Gasteiger charge is -2.21. The minimum atomic E-state index is -0.00620. The van der Waals surface area contributed by atoms with E-state index in [1.54, 1.807) is 0 Å². The third-order valence-corrected chi connectivity index (χ3v) is 4.09. The molecular formula is C15H28ClN5O. The van der Waals surface area contributed by atoms with Crippen molar-refractivity contribution in [3.8, 4) is 0 Å². The molecule has 0 unspecified atom stereocenters. The van der Waals surface area contributed by atoms with Crippen LogP contribution >= 0.6 is 12.4 Å². The highest BCUT2D eigenvalue weighted by atomic mass is 35.5. The molecule has 1 saturated heterocycles. The van der Waals surface area contributed by atoms with Crippen LogP contribution in [-0.4, -0.2) is 27.5 Å². The van der Waals surface area contributed by atoms with E-state index in [9.17, 15) is 0 Å². The number of halogens is 1. The quantitative estimate of drug-likeness (QED) is 0.433. The smallest absolute Gasteiger partial charge is 0.249 e. The Morgan fingerprint density at radius 2 is 2.05 bits per heavy atom. The maximum atomic E-state index is 7.58. The molecule has 2 rings (SSSR count). The van der Waals surface area contributed by atoms with Gasteiger partial charge in [0.15, 0.2) is 11.8 Å². The number of hydrogen-bond acceptors (Lipinski definition) is 4. The van der Waals surface area contributed by atoms with Crippen molar-refractivity contribution in [3.05, 3.63) is 11.7 Å². The zero-order valence-electron chi connectivity index (χ0n) is 13.4. The molecule has 0 bridgehead atoms. The summed E-state index contributed by atoms with van der Waals surface area (Å²) in [6.45, 7) is 3.03. The number of rotatable bonds is 8. The van der Waals surface area contributed by atoms with Crippen molar-refractivity contribution >= 4 is 18.4 Å². The van der Waals surface area contributed by atoms with E-state index in [0.717, 1.165) is 38.1 Å². The first-order valence-corrected chi connectivity index (χ1v) is 8.15. The third kappa shape index (κ3) is 5.16. The first-order valence-electron chi connectivity index (χ1n) is 8.15. The van der Waals surface area contributed by atoms with Crippen molar-refractivity contribution in [3.63, 3.8) is 0 Å². The normalized spacial score (nSPS) is 17.5. The van der Waals surface area contributed by atoms with Gasteiger partial charge in [0.25, 0.3) is 0 Å². The zero-order valence-corrected chi connectivity index (χ0v) is 14.2. The fraction of sp³-hybridized carbons (Fsp3) is 0.800. The van der Waals surface area contributed by atoms with E-state index in [-0.39, 0.29) is 24.4 Å². The van der Waals surface area contributed by atoms with Crippen LogP contribution in [-0.2, 0) is 6.42 Å². The van der Waals surface area contributed by atoms with Gasteiger partial charge in [-0.3, -0.25) is 5.41 Å². The number of likely N-dealkylation sites (tertiary alicyclic amines) is 1. The lowest BCUT2D eigenvalue weighted by molar-refractivity contribution is 0.282. The predicted molar refractivity (Wildman–Crippen MR) is 89.2 cm³/mol. The van der Waals surface area contributed by atoms with Crippen LogP contribution in [0.15, 0.2) is 4.52 Å². The Hall–Kier alpha value is -1.30. The number of nitrogens with zero attached hydrogens (tertiary/aromatic N) is 3. The first-order chi connectivity index (χ1) is 10.2. The maximum Gasteiger partial charge on any atom is 0.249 e. The second-order valence-electron chi connectivity index (χ2n) is 5.80. The summed E-state index contributed by atoms with van der Waals surface area (Å²) in [7, 11) is 0. The Morgan fingerprint density at radius 3 is 2.77 bits per heavy atom. The number of nitrogens with two attached hydrogens (primary N) is 1. The van der Waals surface area contributed by atoms with Gasteiger partial charge in [0.05, 0.1) is 0 Å². The Bertz CT molecular complexity index is 451. The van der Waals surface area contributed by atoms with E-state index in [2.05, 4.69) is 17.1 Å². The molecule has 0 aromatic carbocycles. The van der Waals surface area contributed by atoms with Gasteiger partial charge in [0.1, 0.15) is 6.04 Å². The Balaban J connectivity index is 0.00000242. The molecule has 3 N–H and O–H groups in total. The number of aromatic nitrogens is 2. The van der Waals surface area contributed by atoms with Gasteiger partial charge in [-0.1, -0.05) is 44.2 Å². The molecule has 1 aliphatic rings. The summed E-state index contributed by atoms with van der Waals surface area (Å²) in [4.78, 5) is 6.32. The second kappa shape index (κ2) is 9.66. The van der Waals surface area contributed by atoms with Gasteiger partial charge in [-0.25, -0.2) is 0 Å². The van der Waals surface area contributed by atoms with E-state index in [0.29, 0.717) is 5.89 Å². The third-order valence-electron chi connectivity index (χ3n) is 4.09. The van der Waals surface area contributed by atoms with Gasteiger partial charge in [-0.15, -0.1) is 12.4 Å². The van der Waals surface area contributed by atoms with Crippen molar-refractivity contribution in [2.75, 3.05) is 6.54 Å². The van der Waals surface area contributed by atoms with Gasteiger partial charge in [0.2, 0.25) is 5.89 Å². The molecule has 0 radical (unpaired) electrons. The summed E-state index contributed by atoms with van der Waals surface area (Å²) in [5, 5.41) is 11.6. The van der Waals surface area contributed by atoms with Crippen LogP contribution in [0.5, 0.6) is 0 Å². The summed E-state index contributed by atoms with van der Waals surface area (Å²) < 4.78 is 5.37. The molecule has 1 aromatic heterocycles. The molecule has 1 aliphatic heterocycles. The van der Waals surface area contributed by atoms with Crippen molar-refractivity contribution in [2.24, 2.45) is 5.73 Å². The standard InChI is InChI=1S/C15H27N5O.ClH/c1-2-3-4-5-6-7-10-13-18-14(21-19-13)12-9-8-11-20(12)15(16)17;/h12H,2-11H2,1H3,(H3,16,17);1H/t12-;/m0./s1. The average Bonchev–Trinajstić information content (AvgIpc) is 3.10. The molecule has 1 fully saturated rings. The molecule has 6 nitrogen and oxygen atoms in total. The fourth-order valence-corrected chi connectivity index (χ4v) is 2.88. The van der Waals surface area contributed by atoms with E-state index in [4.69, 9.17) is 15.7 Å². The SMILES string of the molecule is CCCCCCCCc1noc([C@@H]2CCCN2C(=N)N)n1.Cl. The van der Waals surface area contributed by atoms with Crippen LogP contribution in [0.2, 0.25) is 0 Å². The molecule has 0 aliphatic carbocycles. The zero-order chi connectivity index (χ0) is 15.1. The number of aryl methyl sites for hydroxylation is 1. The van der Waals surface area contributed by atoms with Crippen molar-refractivity contribution in [1.29, 1.82) is 5.41 Å². The minimum absolute atomic E-state index is 0. The van der Waals surface area contributed by atoms with E-state index < -0.39 is 0 Å². The van der Waals surface area contributed by atoms with Gasteiger partial charge >= 0.3 is 0 Å². The van der Waals surface area contributed by atoms with Gasteiger partial charge in [-0.05, 0) is 19.3 Å². The number of nitrogens with one attached hydrogen (secondary N) is 1. The van der Waals surface area contributed by atoms with Crippen LogP contribution in [0.1, 0.15) is 76.0 Å². The molecular weight excluding hydrogens is 302 g/mol. The topological polar surface area (TPSA) is 92.0 Å². The summed E-state index contributed by atoms with van der Waals surface area (Å²) in [6.07, 6.45) is 10.4. The monoisotopic (exact) mass is 329 g/mol. The van der Waals surface area contributed by atoms with Gasteiger partial charge in [0, 0.05) is 13.0 Å². The van der Waals surface area contributed by atoms with E-state index in [1.165, 1.54) is 32.1 Å². The van der Waals surface area contributed by atoms with Crippen LogP contribution in [0.4, 0.5) is 0 Å². The maximum absolute atomic E-state index is 7.58. The lowest BCUT2D eigenvalue weighted by Crippen LogP contribution is -2.35. The van der Waals surface area contributed by atoms with Crippen molar-refractivity contribution in [2.45, 2.75) is 70.8 Å². The number of hydrogen-bond donors (Lipinski definition) is 2. The highest BCUT2D eigenvalue weighted by Gasteiger charge is 2.31. The first kappa shape index (κ1) is 18.7. The van der Waals surface area contributed by atoms with Crippen LogP contribution < -0.4 is 5.73 Å². The van der Waals surface area contributed by atoms with Crippen LogP contribution in [0.3, 0.4) is 0 Å². The van der Waals surface area contributed by atoms with Gasteiger partial charge in [-0.2, -0.15) is 4.98 Å². The average molecular weight is 330 g/mol.